The first-order valence-corrected chi connectivity index (χ1v) is 5.86. The molecule has 1 fully saturated rings. The molecule has 1 aliphatic carbocycles. The largest absolute Gasteiger partial charge is 0.329 e. The third kappa shape index (κ3) is 1.31. The Hall–Kier alpha value is -0.670. The molecule has 2 nitrogen and oxygen atoms in total. The van der Waals surface area contributed by atoms with E-state index in [1.54, 1.807) is 11.3 Å². The van der Waals surface area contributed by atoms with Gasteiger partial charge in [0.15, 0.2) is 5.78 Å². The van der Waals surface area contributed by atoms with E-state index in [1.807, 2.05) is 18.4 Å². The number of carbonyl (C=O) groups is 1. The summed E-state index contributed by atoms with van der Waals surface area (Å²) in [6, 6.07) is 2.00. The molecule has 0 aromatic carbocycles. The van der Waals surface area contributed by atoms with Crippen molar-refractivity contribution in [3.05, 3.63) is 21.9 Å². The van der Waals surface area contributed by atoms with Crippen LogP contribution in [0.5, 0.6) is 0 Å². The van der Waals surface area contributed by atoms with Gasteiger partial charge in [-0.1, -0.05) is 6.42 Å². The van der Waals surface area contributed by atoms with Crippen molar-refractivity contribution in [3.8, 4) is 0 Å². The highest BCUT2D eigenvalue weighted by Crippen LogP contribution is 2.43. The zero-order chi connectivity index (χ0) is 10.2. The first kappa shape index (κ1) is 9.87. The Kier molecular flexibility index (Phi) is 2.45. The molecule has 0 aliphatic heterocycles. The summed E-state index contributed by atoms with van der Waals surface area (Å²) in [5.41, 5.74) is 6.59. The lowest BCUT2D eigenvalue weighted by atomic mass is 9.65. The van der Waals surface area contributed by atoms with E-state index < -0.39 is 0 Å². The molecule has 1 aromatic rings. The van der Waals surface area contributed by atoms with E-state index >= 15 is 0 Å². The monoisotopic (exact) mass is 209 g/mol. The summed E-state index contributed by atoms with van der Waals surface area (Å²) >= 11 is 1.54. The Balaban J connectivity index is 2.27. The van der Waals surface area contributed by atoms with Crippen molar-refractivity contribution in [2.24, 2.45) is 11.1 Å². The fourth-order valence-electron chi connectivity index (χ4n) is 1.97. The number of thiophene rings is 1. The van der Waals surface area contributed by atoms with Crippen LogP contribution < -0.4 is 5.73 Å². The van der Waals surface area contributed by atoms with Crippen LogP contribution in [-0.2, 0) is 0 Å². The van der Waals surface area contributed by atoms with Gasteiger partial charge in [0.1, 0.15) is 0 Å². The molecule has 0 spiro atoms. The number of Topliss-reactive ketones (excluding diaryl/α,β-unsaturated/α-hetero) is 1. The predicted molar refractivity (Wildman–Crippen MR) is 58.7 cm³/mol. The summed E-state index contributed by atoms with van der Waals surface area (Å²) in [5.74, 6) is 0.277. The zero-order valence-corrected chi connectivity index (χ0v) is 9.19. The van der Waals surface area contributed by atoms with E-state index in [4.69, 9.17) is 5.73 Å². The SMILES string of the molecule is Cc1ccsc1C(=O)C1(CN)CCC1. The Morgan fingerprint density at radius 2 is 2.36 bits per heavy atom. The molecule has 0 radical (unpaired) electrons. The lowest BCUT2D eigenvalue weighted by Gasteiger charge is -2.39. The van der Waals surface area contributed by atoms with Crippen LogP contribution in [0.3, 0.4) is 0 Å². The summed E-state index contributed by atoms with van der Waals surface area (Å²) in [6.45, 7) is 2.50. The van der Waals surface area contributed by atoms with E-state index in [9.17, 15) is 4.79 Å². The maximum Gasteiger partial charge on any atom is 0.180 e. The second-order valence-electron chi connectivity index (χ2n) is 4.10. The van der Waals surface area contributed by atoms with E-state index in [1.165, 1.54) is 0 Å². The Morgan fingerprint density at radius 3 is 2.71 bits per heavy atom. The van der Waals surface area contributed by atoms with Crippen LogP contribution in [0.4, 0.5) is 0 Å². The van der Waals surface area contributed by atoms with Crippen LogP contribution >= 0.6 is 11.3 Å². The van der Waals surface area contributed by atoms with Gasteiger partial charge in [0.2, 0.25) is 0 Å². The zero-order valence-electron chi connectivity index (χ0n) is 8.38. The van der Waals surface area contributed by atoms with Gasteiger partial charge in [0, 0.05) is 12.0 Å². The van der Waals surface area contributed by atoms with Crippen LogP contribution in [0.25, 0.3) is 0 Å². The summed E-state index contributed by atoms with van der Waals surface area (Å²) in [7, 11) is 0. The third-order valence-corrected chi connectivity index (χ3v) is 4.27. The molecule has 2 rings (SSSR count). The highest BCUT2D eigenvalue weighted by atomic mass is 32.1. The first-order valence-electron chi connectivity index (χ1n) is 4.98. The van der Waals surface area contributed by atoms with Gasteiger partial charge < -0.3 is 5.73 Å². The van der Waals surface area contributed by atoms with E-state index in [2.05, 4.69) is 0 Å². The van der Waals surface area contributed by atoms with Crippen molar-refractivity contribution >= 4 is 17.1 Å². The maximum absolute atomic E-state index is 12.2. The normalized spacial score (nSPS) is 19.0. The average molecular weight is 209 g/mol. The molecule has 0 atom stereocenters. The second kappa shape index (κ2) is 3.48. The Bertz CT molecular complexity index is 346. The Labute approximate surface area is 88.1 Å². The fraction of sp³-hybridized carbons (Fsp3) is 0.545. The molecular formula is C11H15NOS. The van der Waals surface area contributed by atoms with Crippen molar-refractivity contribution in [2.45, 2.75) is 26.2 Å². The summed E-state index contributed by atoms with van der Waals surface area (Å²) < 4.78 is 0. The van der Waals surface area contributed by atoms with Crippen LogP contribution in [0.15, 0.2) is 11.4 Å². The van der Waals surface area contributed by atoms with Crippen molar-refractivity contribution in [2.75, 3.05) is 6.54 Å². The lowest BCUT2D eigenvalue weighted by molar-refractivity contribution is 0.0640. The quantitative estimate of drug-likeness (QED) is 0.777. The molecule has 1 aromatic heterocycles. The fourth-order valence-corrected chi connectivity index (χ4v) is 2.96. The number of carbonyl (C=O) groups excluding carboxylic acids is 1. The highest BCUT2D eigenvalue weighted by molar-refractivity contribution is 7.12. The van der Waals surface area contributed by atoms with Crippen LogP contribution in [0.1, 0.15) is 34.5 Å². The van der Waals surface area contributed by atoms with Gasteiger partial charge in [0.25, 0.3) is 0 Å². The number of hydrogen-bond acceptors (Lipinski definition) is 3. The topological polar surface area (TPSA) is 43.1 Å². The molecule has 1 saturated carbocycles. The van der Waals surface area contributed by atoms with Crippen molar-refractivity contribution in [1.82, 2.24) is 0 Å². The van der Waals surface area contributed by atoms with Crippen molar-refractivity contribution in [1.29, 1.82) is 0 Å². The molecule has 0 unspecified atom stereocenters. The summed E-state index contributed by atoms with van der Waals surface area (Å²) in [4.78, 5) is 13.1. The third-order valence-electron chi connectivity index (χ3n) is 3.25. The van der Waals surface area contributed by atoms with Gasteiger partial charge in [0.05, 0.1) is 4.88 Å². The molecular weight excluding hydrogens is 194 g/mol. The smallest absolute Gasteiger partial charge is 0.180 e. The van der Waals surface area contributed by atoms with Gasteiger partial charge in [-0.25, -0.2) is 0 Å². The van der Waals surface area contributed by atoms with Crippen molar-refractivity contribution in [3.63, 3.8) is 0 Å². The van der Waals surface area contributed by atoms with Gasteiger partial charge in [-0.2, -0.15) is 0 Å². The van der Waals surface area contributed by atoms with Crippen LogP contribution in [-0.4, -0.2) is 12.3 Å². The van der Waals surface area contributed by atoms with Crippen LogP contribution in [0.2, 0.25) is 0 Å². The van der Waals surface area contributed by atoms with Gasteiger partial charge in [-0.05, 0) is 36.8 Å². The molecule has 0 bridgehead atoms. The molecule has 1 aliphatic rings. The van der Waals surface area contributed by atoms with Gasteiger partial charge in [-0.3, -0.25) is 4.79 Å². The predicted octanol–water partition coefficient (Wildman–Crippen LogP) is 2.37. The van der Waals surface area contributed by atoms with E-state index in [0.717, 1.165) is 29.7 Å². The lowest BCUT2D eigenvalue weighted by Crippen LogP contribution is -2.44. The van der Waals surface area contributed by atoms with Crippen molar-refractivity contribution < 1.29 is 4.79 Å². The number of hydrogen-bond donors (Lipinski definition) is 1. The number of nitrogens with two attached hydrogens (primary N) is 1. The molecule has 2 N–H and O–H groups in total. The molecule has 0 amide bonds. The van der Waals surface area contributed by atoms with E-state index in [0.29, 0.717) is 6.54 Å². The second-order valence-corrected chi connectivity index (χ2v) is 5.02. The number of aryl methyl sites for hydroxylation is 1. The number of rotatable bonds is 3. The molecule has 14 heavy (non-hydrogen) atoms. The number of ketones is 1. The summed E-state index contributed by atoms with van der Waals surface area (Å²) in [6.07, 6.45) is 3.09. The minimum atomic E-state index is -0.213. The first-order chi connectivity index (χ1) is 6.69. The van der Waals surface area contributed by atoms with Gasteiger partial charge in [-0.15, -0.1) is 11.3 Å². The van der Waals surface area contributed by atoms with Crippen LogP contribution in [0, 0.1) is 12.3 Å². The maximum atomic E-state index is 12.2. The Morgan fingerprint density at radius 1 is 1.64 bits per heavy atom. The minimum Gasteiger partial charge on any atom is -0.329 e. The average Bonchev–Trinajstić information content (AvgIpc) is 2.50. The van der Waals surface area contributed by atoms with E-state index in [-0.39, 0.29) is 11.2 Å². The van der Waals surface area contributed by atoms with Gasteiger partial charge >= 0.3 is 0 Å². The highest BCUT2D eigenvalue weighted by Gasteiger charge is 2.43. The standard InChI is InChI=1S/C11H15NOS/c1-8-3-6-14-9(8)10(13)11(7-12)4-2-5-11/h3,6H,2,4-5,7,12H2,1H3. The molecule has 1 heterocycles. The minimum absolute atomic E-state index is 0.213. The summed E-state index contributed by atoms with van der Waals surface area (Å²) in [5, 5.41) is 1.98. The molecule has 0 saturated heterocycles. The molecule has 76 valence electrons. The molecule has 3 heteroatoms.